The predicted molar refractivity (Wildman–Crippen MR) is 70.3 cm³/mol. The van der Waals surface area contributed by atoms with E-state index >= 15 is 0 Å². The van der Waals surface area contributed by atoms with Crippen molar-refractivity contribution in [3.8, 4) is 11.8 Å². The largest absolute Gasteiger partial charge is 0.506 e. The lowest BCUT2D eigenvalue weighted by Crippen LogP contribution is -2.28. The number of phenols is 1. The minimum Gasteiger partial charge on any atom is -0.506 e. The molecule has 1 aromatic carbocycles. The molecule has 0 heterocycles. The lowest BCUT2D eigenvalue weighted by atomic mass is 10.2. The number of methoxy groups -OCH3 is 1. The number of hydrogen-bond donors (Lipinski definition) is 3. The van der Waals surface area contributed by atoms with Crippen LogP contribution in [0.1, 0.15) is 0 Å². The summed E-state index contributed by atoms with van der Waals surface area (Å²) < 4.78 is 4.78. The van der Waals surface area contributed by atoms with Crippen LogP contribution in [-0.4, -0.2) is 31.3 Å². The number of phenolic OH excluding ortho intramolecular Hbond substituents is 1. The predicted octanol–water partition coefficient (Wildman–Crippen LogP) is 0.974. The molecule has 1 amide bonds. The van der Waals surface area contributed by atoms with Gasteiger partial charge in [-0.2, -0.15) is 5.26 Å². The Kier molecular flexibility index (Phi) is 5.92. The van der Waals surface area contributed by atoms with E-state index in [2.05, 4.69) is 10.6 Å². The van der Waals surface area contributed by atoms with Crippen molar-refractivity contribution >= 4 is 11.6 Å². The summed E-state index contributed by atoms with van der Waals surface area (Å²) in [4.78, 5) is 11.6. The molecule has 0 atom stereocenters. The molecule has 0 aromatic heterocycles. The van der Waals surface area contributed by atoms with Gasteiger partial charge in [0.05, 0.1) is 12.3 Å². The first-order chi connectivity index (χ1) is 9.19. The number of carbonyl (C=O) groups is 1. The second-order valence-electron chi connectivity index (χ2n) is 3.58. The highest BCUT2D eigenvalue weighted by molar-refractivity contribution is 5.97. The van der Waals surface area contributed by atoms with Gasteiger partial charge in [-0.15, -0.1) is 0 Å². The van der Waals surface area contributed by atoms with Gasteiger partial charge in [-0.3, -0.25) is 4.79 Å². The van der Waals surface area contributed by atoms with Crippen molar-refractivity contribution in [2.75, 3.05) is 25.6 Å². The molecule has 0 saturated carbocycles. The standard InChI is InChI=1S/C13H15N3O3/c1-19-7-6-15-13(18)10(8-14)9-16-11-4-2-3-5-12(11)17/h2-5,9,16-17H,6-7H2,1H3,(H,15,18)/b10-9-. The topological polar surface area (TPSA) is 94.4 Å². The zero-order valence-corrected chi connectivity index (χ0v) is 10.5. The van der Waals surface area contributed by atoms with Crippen LogP contribution in [0.2, 0.25) is 0 Å². The second-order valence-corrected chi connectivity index (χ2v) is 3.58. The molecular formula is C13H15N3O3. The summed E-state index contributed by atoms with van der Waals surface area (Å²) in [7, 11) is 1.52. The minimum atomic E-state index is -0.498. The fourth-order valence-corrected chi connectivity index (χ4v) is 1.26. The van der Waals surface area contributed by atoms with E-state index in [1.807, 2.05) is 0 Å². The number of rotatable bonds is 6. The van der Waals surface area contributed by atoms with Gasteiger partial charge in [-0.25, -0.2) is 0 Å². The number of ether oxygens (including phenoxy) is 1. The third kappa shape index (κ3) is 4.69. The summed E-state index contributed by atoms with van der Waals surface area (Å²) in [5.74, 6) is -0.460. The summed E-state index contributed by atoms with van der Waals surface area (Å²) in [6.45, 7) is 0.697. The molecule has 6 heteroatoms. The Bertz CT molecular complexity index is 506. The minimum absolute atomic E-state index is 0.0378. The fourth-order valence-electron chi connectivity index (χ4n) is 1.26. The molecule has 0 saturated heterocycles. The monoisotopic (exact) mass is 261 g/mol. The molecule has 3 N–H and O–H groups in total. The van der Waals surface area contributed by atoms with Gasteiger partial charge in [-0.05, 0) is 12.1 Å². The van der Waals surface area contributed by atoms with Crippen LogP contribution >= 0.6 is 0 Å². The number of nitrogens with zero attached hydrogens (tertiary/aromatic N) is 1. The Morgan fingerprint density at radius 2 is 2.26 bits per heavy atom. The van der Waals surface area contributed by atoms with Crippen molar-refractivity contribution in [2.24, 2.45) is 0 Å². The smallest absolute Gasteiger partial charge is 0.263 e. The number of benzene rings is 1. The van der Waals surface area contributed by atoms with E-state index in [4.69, 9.17) is 10.00 Å². The first-order valence-corrected chi connectivity index (χ1v) is 5.61. The van der Waals surface area contributed by atoms with Crippen molar-refractivity contribution in [3.63, 3.8) is 0 Å². The van der Waals surface area contributed by atoms with Crippen LogP contribution in [0.25, 0.3) is 0 Å². The van der Waals surface area contributed by atoms with E-state index in [9.17, 15) is 9.90 Å². The molecule has 0 unspecified atom stereocenters. The Labute approximate surface area is 111 Å². The summed E-state index contributed by atoms with van der Waals surface area (Å²) in [5.41, 5.74) is 0.333. The Morgan fingerprint density at radius 3 is 2.89 bits per heavy atom. The van der Waals surface area contributed by atoms with Crippen molar-refractivity contribution in [1.82, 2.24) is 5.32 Å². The van der Waals surface area contributed by atoms with Gasteiger partial charge < -0.3 is 20.5 Å². The Morgan fingerprint density at radius 1 is 1.53 bits per heavy atom. The van der Waals surface area contributed by atoms with Crippen molar-refractivity contribution in [3.05, 3.63) is 36.0 Å². The summed E-state index contributed by atoms with van der Waals surface area (Å²) >= 11 is 0. The van der Waals surface area contributed by atoms with Crippen molar-refractivity contribution < 1.29 is 14.6 Å². The number of carbonyl (C=O) groups excluding carboxylic acids is 1. The molecule has 1 aromatic rings. The van der Waals surface area contributed by atoms with E-state index in [1.54, 1.807) is 24.3 Å². The number of nitriles is 1. The average molecular weight is 261 g/mol. The SMILES string of the molecule is COCCNC(=O)/C(C#N)=C\Nc1ccccc1O. The number of hydrogen-bond acceptors (Lipinski definition) is 5. The zero-order chi connectivity index (χ0) is 14.1. The molecule has 0 aliphatic rings. The van der Waals surface area contributed by atoms with Crippen LogP contribution in [0.4, 0.5) is 5.69 Å². The lowest BCUT2D eigenvalue weighted by molar-refractivity contribution is -0.117. The summed E-state index contributed by atoms with van der Waals surface area (Å²) in [6.07, 6.45) is 1.25. The average Bonchev–Trinajstić information content (AvgIpc) is 2.41. The summed E-state index contributed by atoms with van der Waals surface area (Å²) in [6, 6.07) is 8.31. The molecule has 0 radical (unpaired) electrons. The van der Waals surface area contributed by atoms with Gasteiger partial charge in [0.1, 0.15) is 17.4 Å². The van der Waals surface area contributed by atoms with Gasteiger partial charge in [0, 0.05) is 19.9 Å². The van der Waals surface area contributed by atoms with E-state index in [0.29, 0.717) is 18.8 Å². The number of nitrogens with one attached hydrogen (secondary N) is 2. The number of aromatic hydroxyl groups is 1. The van der Waals surface area contributed by atoms with Gasteiger partial charge >= 0.3 is 0 Å². The number of anilines is 1. The first kappa shape index (κ1) is 14.5. The maximum Gasteiger partial charge on any atom is 0.263 e. The van der Waals surface area contributed by atoms with Gasteiger partial charge in [-0.1, -0.05) is 12.1 Å². The third-order valence-corrected chi connectivity index (χ3v) is 2.23. The second kappa shape index (κ2) is 7.74. The summed E-state index contributed by atoms with van der Waals surface area (Å²) in [5, 5.41) is 23.6. The molecular weight excluding hydrogens is 246 g/mol. The molecule has 19 heavy (non-hydrogen) atoms. The van der Waals surface area contributed by atoms with E-state index in [-0.39, 0.29) is 11.3 Å². The highest BCUT2D eigenvalue weighted by Crippen LogP contribution is 2.21. The maximum atomic E-state index is 11.6. The molecule has 0 fully saturated rings. The quantitative estimate of drug-likeness (QED) is 0.307. The highest BCUT2D eigenvalue weighted by Gasteiger charge is 2.08. The lowest BCUT2D eigenvalue weighted by Gasteiger charge is -2.05. The van der Waals surface area contributed by atoms with Gasteiger partial charge in [0.25, 0.3) is 5.91 Å². The molecule has 1 rings (SSSR count). The van der Waals surface area contributed by atoms with E-state index < -0.39 is 5.91 Å². The molecule has 0 spiro atoms. The van der Waals surface area contributed by atoms with Crippen LogP contribution < -0.4 is 10.6 Å². The van der Waals surface area contributed by atoms with Gasteiger partial charge in [0.2, 0.25) is 0 Å². The highest BCUT2D eigenvalue weighted by atomic mass is 16.5. The van der Waals surface area contributed by atoms with Crippen LogP contribution in [0.5, 0.6) is 5.75 Å². The molecule has 6 nitrogen and oxygen atoms in total. The Hall–Kier alpha value is -2.52. The van der Waals surface area contributed by atoms with Crippen LogP contribution in [-0.2, 0) is 9.53 Å². The zero-order valence-electron chi connectivity index (χ0n) is 10.5. The first-order valence-electron chi connectivity index (χ1n) is 5.61. The molecule has 0 aliphatic heterocycles. The normalized spacial score (nSPS) is 10.6. The maximum absolute atomic E-state index is 11.6. The molecule has 0 aliphatic carbocycles. The third-order valence-electron chi connectivity index (χ3n) is 2.23. The molecule has 0 bridgehead atoms. The number of amides is 1. The van der Waals surface area contributed by atoms with E-state index in [0.717, 1.165) is 0 Å². The van der Waals surface area contributed by atoms with E-state index in [1.165, 1.54) is 19.4 Å². The number of para-hydroxylation sites is 2. The van der Waals surface area contributed by atoms with Crippen LogP contribution in [0.3, 0.4) is 0 Å². The van der Waals surface area contributed by atoms with Crippen LogP contribution in [0.15, 0.2) is 36.0 Å². The van der Waals surface area contributed by atoms with Crippen molar-refractivity contribution in [1.29, 1.82) is 5.26 Å². The molecule has 100 valence electrons. The Balaban J connectivity index is 2.65. The van der Waals surface area contributed by atoms with Crippen LogP contribution in [0, 0.1) is 11.3 Å². The van der Waals surface area contributed by atoms with Crippen molar-refractivity contribution in [2.45, 2.75) is 0 Å². The fraction of sp³-hybridized carbons (Fsp3) is 0.231. The van der Waals surface area contributed by atoms with Gasteiger partial charge in [0.15, 0.2) is 0 Å².